The molecule has 0 fully saturated rings. The number of nitrogens with one attached hydrogen (secondary N) is 1. The molecule has 0 bridgehead atoms. The van der Waals surface area contributed by atoms with Crippen LogP contribution in [0.15, 0.2) is 0 Å². The van der Waals surface area contributed by atoms with Crippen LogP contribution < -0.4 is 5.32 Å². The number of thiocarbonyl (C=S) groups is 1. The maximum atomic E-state index is 5.08. The molecular weight excluding hydrogens is 206 g/mol. The summed E-state index contributed by atoms with van der Waals surface area (Å²) in [7, 11) is 3.15. The van der Waals surface area contributed by atoms with Crippen LogP contribution in [-0.4, -0.2) is 37.1 Å². The van der Waals surface area contributed by atoms with Crippen molar-refractivity contribution in [1.29, 1.82) is 0 Å². The minimum absolute atomic E-state index is 0.274. The number of thioether (sulfide) groups is 1. The van der Waals surface area contributed by atoms with Crippen LogP contribution in [0.25, 0.3) is 0 Å². The van der Waals surface area contributed by atoms with Crippen molar-refractivity contribution >= 4 is 28.3 Å². The van der Waals surface area contributed by atoms with Crippen LogP contribution in [-0.2, 0) is 9.47 Å². The molecule has 0 amide bonds. The maximum absolute atomic E-state index is 5.08. The molecule has 0 unspecified atom stereocenters. The number of methoxy groups -OCH3 is 2. The molecule has 0 saturated heterocycles. The van der Waals surface area contributed by atoms with E-state index in [0.29, 0.717) is 16.6 Å². The highest BCUT2D eigenvalue weighted by Gasteiger charge is 2.04. The molecule has 0 aromatic heterocycles. The van der Waals surface area contributed by atoms with Gasteiger partial charge >= 0.3 is 0 Å². The molecule has 0 aliphatic heterocycles. The van der Waals surface area contributed by atoms with Crippen LogP contribution in [0.3, 0.4) is 0 Å². The molecule has 0 aromatic carbocycles. The van der Waals surface area contributed by atoms with Crippen LogP contribution in [0.1, 0.15) is 0 Å². The molecule has 5 heteroatoms. The van der Waals surface area contributed by atoms with Crippen molar-refractivity contribution in [2.24, 2.45) is 0 Å². The summed E-state index contributed by atoms with van der Waals surface area (Å²) in [5.74, 6) is 3.07. The van der Waals surface area contributed by atoms with Crippen molar-refractivity contribution in [3.05, 3.63) is 0 Å². The van der Waals surface area contributed by atoms with Crippen LogP contribution >= 0.6 is 24.0 Å². The average Bonchev–Trinajstić information content (AvgIpc) is 2.16. The third-order valence-electron chi connectivity index (χ3n) is 1.23. The highest BCUT2D eigenvalue weighted by atomic mass is 32.2. The van der Waals surface area contributed by atoms with Gasteiger partial charge in [-0.2, -0.15) is 0 Å². The second kappa shape index (κ2) is 8.32. The van der Waals surface area contributed by atoms with E-state index < -0.39 is 0 Å². The van der Waals surface area contributed by atoms with E-state index in [1.807, 2.05) is 0 Å². The van der Waals surface area contributed by atoms with E-state index in [1.165, 1.54) is 11.8 Å². The number of hydrogen-bond donors (Lipinski definition) is 1. The lowest BCUT2D eigenvalue weighted by Crippen LogP contribution is -2.31. The summed E-state index contributed by atoms with van der Waals surface area (Å²) < 4.78 is 10.6. The molecule has 0 radical (unpaired) electrons. The molecule has 74 valence electrons. The molecule has 0 atom stereocenters. The Morgan fingerprint density at radius 1 is 1.62 bits per heavy atom. The Morgan fingerprint density at radius 2 is 2.23 bits per heavy atom. The Morgan fingerprint density at radius 3 is 2.69 bits per heavy atom. The Labute approximate surface area is 88.6 Å². The van der Waals surface area contributed by atoms with Crippen molar-refractivity contribution in [2.75, 3.05) is 26.5 Å². The van der Waals surface area contributed by atoms with Gasteiger partial charge in [0.15, 0.2) is 6.29 Å². The number of terminal acetylenes is 1. The first kappa shape index (κ1) is 12.7. The molecular formula is C8H13NO2S2. The predicted octanol–water partition coefficient (Wildman–Crippen LogP) is 0.846. The minimum atomic E-state index is -0.274. The van der Waals surface area contributed by atoms with Gasteiger partial charge in [-0.25, -0.2) is 0 Å². The largest absolute Gasteiger partial charge is 0.366 e. The van der Waals surface area contributed by atoms with E-state index in [0.717, 1.165) is 0 Å². The van der Waals surface area contributed by atoms with Gasteiger partial charge in [0.25, 0.3) is 0 Å². The monoisotopic (exact) mass is 219 g/mol. The average molecular weight is 219 g/mol. The molecule has 0 rings (SSSR count). The predicted molar refractivity (Wildman–Crippen MR) is 59.7 cm³/mol. The fourth-order valence-electron chi connectivity index (χ4n) is 0.588. The quantitative estimate of drug-likeness (QED) is 0.421. The molecule has 0 aliphatic rings. The van der Waals surface area contributed by atoms with Gasteiger partial charge in [-0.15, -0.1) is 6.42 Å². The zero-order valence-corrected chi connectivity index (χ0v) is 9.33. The van der Waals surface area contributed by atoms with Gasteiger partial charge in [-0.1, -0.05) is 29.9 Å². The minimum Gasteiger partial charge on any atom is -0.366 e. The summed E-state index contributed by atoms with van der Waals surface area (Å²) in [6.45, 7) is 0.531. The first-order valence-electron chi connectivity index (χ1n) is 3.64. The van der Waals surface area contributed by atoms with Crippen molar-refractivity contribution in [1.82, 2.24) is 5.32 Å². The third kappa shape index (κ3) is 6.84. The fourth-order valence-corrected chi connectivity index (χ4v) is 1.25. The zero-order valence-electron chi connectivity index (χ0n) is 7.70. The molecule has 0 heterocycles. The van der Waals surface area contributed by atoms with E-state index in [-0.39, 0.29) is 6.29 Å². The van der Waals surface area contributed by atoms with E-state index in [2.05, 4.69) is 11.2 Å². The second-order valence-corrected chi connectivity index (χ2v) is 3.71. The summed E-state index contributed by atoms with van der Waals surface area (Å²) in [4.78, 5) is 0. The van der Waals surface area contributed by atoms with Crippen LogP contribution in [0, 0.1) is 12.3 Å². The number of ether oxygens (including phenoxy) is 2. The van der Waals surface area contributed by atoms with Crippen molar-refractivity contribution < 1.29 is 9.47 Å². The van der Waals surface area contributed by atoms with Gasteiger partial charge in [-0.05, 0) is 0 Å². The molecule has 3 nitrogen and oxygen atoms in total. The Balaban J connectivity index is 3.51. The summed E-state index contributed by atoms with van der Waals surface area (Å²) in [5, 5.41) is 2.97. The normalized spacial score (nSPS) is 9.69. The van der Waals surface area contributed by atoms with Gasteiger partial charge < -0.3 is 14.8 Å². The van der Waals surface area contributed by atoms with Crippen molar-refractivity contribution in [3.63, 3.8) is 0 Å². The van der Waals surface area contributed by atoms with Gasteiger partial charge in [0.1, 0.15) is 4.32 Å². The molecule has 0 spiro atoms. The molecule has 13 heavy (non-hydrogen) atoms. The van der Waals surface area contributed by atoms with Gasteiger partial charge in [-0.3, -0.25) is 0 Å². The van der Waals surface area contributed by atoms with Crippen LogP contribution in [0.4, 0.5) is 0 Å². The lowest BCUT2D eigenvalue weighted by Gasteiger charge is -2.14. The summed E-state index contributed by atoms with van der Waals surface area (Å²) in [6, 6.07) is 0. The Kier molecular flexibility index (Phi) is 8.14. The standard InChI is InChI=1S/C8H13NO2S2/c1-4-5-13-8(12)9-6-7(10-2)11-3/h1,7H,5-6H2,2-3H3,(H,9,12). The highest BCUT2D eigenvalue weighted by Crippen LogP contribution is 2.00. The Hall–Kier alpha value is -0.280. The SMILES string of the molecule is C#CCSC(=S)NCC(OC)OC. The van der Waals surface area contributed by atoms with Crippen molar-refractivity contribution in [3.8, 4) is 12.3 Å². The molecule has 0 saturated carbocycles. The van der Waals surface area contributed by atoms with E-state index in [1.54, 1.807) is 14.2 Å². The van der Waals surface area contributed by atoms with Gasteiger partial charge in [0.2, 0.25) is 0 Å². The second-order valence-electron chi connectivity index (χ2n) is 2.06. The van der Waals surface area contributed by atoms with E-state index in [4.69, 9.17) is 28.1 Å². The number of rotatable bonds is 5. The topological polar surface area (TPSA) is 30.5 Å². The van der Waals surface area contributed by atoms with Crippen LogP contribution in [0.2, 0.25) is 0 Å². The number of hydrogen-bond acceptors (Lipinski definition) is 4. The molecule has 0 aromatic rings. The smallest absolute Gasteiger partial charge is 0.173 e. The van der Waals surface area contributed by atoms with E-state index in [9.17, 15) is 0 Å². The first-order chi connectivity index (χ1) is 6.24. The fraction of sp³-hybridized carbons (Fsp3) is 0.625. The van der Waals surface area contributed by atoms with Gasteiger partial charge in [0.05, 0.1) is 12.3 Å². The lowest BCUT2D eigenvalue weighted by molar-refractivity contribution is -0.0963. The zero-order chi connectivity index (χ0) is 10.1. The summed E-state index contributed by atoms with van der Waals surface area (Å²) in [6.07, 6.45) is 4.80. The third-order valence-corrected chi connectivity index (χ3v) is 2.44. The Bertz CT molecular complexity index is 187. The van der Waals surface area contributed by atoms with Crippen LogP contribution in [0.5, 0.6) is 0 Å². The van der Waals surface area contributed by atoms with E-state index >= 15 is 0 Å². The summed E-state index contributed by atoms with van der Waals surface area (Å²) >= 11 is 6.39. The molecule has 0 aliphatic carbocycles. The van der Waals surface area contributed by atoms with Crippen molar-refractivity contribution in [2.45, 2.75) is 6.29 Å². The van der Waals surface area contributed by atoms with Gasteiger partial charge in [0, 0.05) is 14.2 Å². The maximum Gasteiger partial charge on any atom is 0.173 e. The molecule has 1 N–H and O–H groups in total. The lowest BCUT2D eigenvalue weighted by atomic mass is 10.6. The summed E-state index contributed by atoms with van der Waals surface area (Å²) in [5.41, 5.74) is 0. The first-order valence-corrected chi connectivity index (χ1v) is 5.03. The highest BCUT2D eigenvalue weighted by molar-refractivity contribution is 8.23.